The molecule has 0 saturated carbocycles. The molecular weight excluding hydrogens is 184 g/mol. The van der Waals surface area contributed by atoms with Crippen LogP contribution >= 0.6 is 0 Å². The maximum atomic E-state index is 3.82. The van der Waals surface area contributed by atoms with Crippen LogP contribution < -0.4 is 5.32 Å². The molecule has 1 aliphatic heterocycles. The minimum atomic E-state index is 0.437. The molecule has 0 aliphatic carbocycles. The summed E-state index contributed by atoms with van der Waals surface area (Å²) in [4.78, 5) is 2.46. The van der Waals surface area contributed by atoms with Gasteiger partial charge in [-0.25, -0.2) is 0 Å². The number of nitrogens with one attached hydrogen (secondary N) is 1. The van der Waals surface area contributed by atoms with Gasteiger partial charge in [0.15, 0.2) is 0 Å². The van der Waals surface area contributed by atoms with Crippen molar-refractivity contribution >= 4 is 0 Å². The molecular formula is C13H26N2. The third-order valence-corrected chi connectivity index (χ3v) is 3.61. The molecule has 0 spiro atoms. The molecule has 1 saturated heterocycles. The van der Waals surface area contributed by atoms with Gasteiger partial charge in [-0.15, -0.1) is 6.58 Å². The van der Waals surface area contributed by atoms with Gasteiger partial charge in [-0.2, -0.15) is 0 Å². The Bertz CT molecular complexity index is 199. The van der Waals surface area contributed by atoms with Gasteiger partial charge in [-0.3, -0.25) is 4.90 Å². The average molecular weight is 210 g/mol. The summed E-state index contributed by atoms with van der Waals surface area (Å²) in [6, 6.07) is 0.631. The molecule has 15 heavy (non-hydrogen) atoms. The number of piperidine rings is 1. The van der Waals surface area contributed by atoms with E-state index in [9.17, 15) is 0 Å². The molecule has 0 radical (unpaired) electrons. The number of rotatable bonds is 5. The average Bonchev–Trinajstić information content (AvgIpc) is 2.20. The monoisotopic (exact) mass is 210 g/mol. The molecule has 0 aromatic carbocycles. The summed E-state index contributed by atoms with van der Waals surface area (Å²) in [7, 11) is 0. The van der Waals surface area contributed by atoms with E-state index in [1.165, 1.54) is 19.4 Å². The van der Waals surface area contributed by atoms with Crippen molar-refractivity contribution in [1.29, 1.82) is 0 Å². The van der Waals surface area contributed by atoms with E-state index in [1.807, 2.05) is 6.08 Å². The van der Waals surface area contributed by atoms with Crippen molar-refractivity contribution in [2.75, 3.05) is 26.2 Å². The molecule has 1 rings (SSSR count). The van der Waals surface area contributed by atoms with Gasteiger partial charge in [0.2, 0.25) is 0 Å². The molecule has 1 N–H and O–H groups in total. The third-order valence-electron chi connectivity index (χ3n) is 3.61. The van der Waals surface area contributed by atoms with Crippen molar-refractivity contribution < 1.29 is 0 Å². The first-order chi connectivity index (χ1) is 7.10. The van der Waals surface area contributed by atoms with Crippen LogP contribution in [-0.4, -0.2) is 37.1 Å². The van der Waals surface area contributed by atoms with E-state index < -0.39 is 0 Å². The van der Waals surface area contributed by atoms with Crippen molar-refractivity contribution in [3.63, 3.8) is 0 Å². The Morgan fingerprint density at radius 3 is 2.80 bits per heavy atom. The zero-order valence-corrected chi connectivity index (χ0v) is 10.6. The number of hydrogen-bond acceptors (Lipinski definition) is 2. The van der Waals surface area contributed by atoms with Crippen LogP contribution in [0.1, 0.15) is 33.6 Å². The van der Waals surface area contributed by atoms with E-state index in [4.69, 9.17) is 0 Å². The van der Waals surface area contributed by atoms with E-state index in [0.29, 0.717) is 11.5 Å². The second-order valence-electron chi connectivity index (χ2n) is 5.24. The fourth-order valence-electron chi connectivity index (χ4n) is 2.36. The van der Waals surface area contributed by atoms with Gasteiger partial charge in [0.25, 0.3) is 0 Å². The highest BCUT2D eigenvalue weighted by Crippen LogP contribution is 2.30. The molecule has 1 heterocycles. The minimum absolute atomic E-state index is 0.437. The van der Waals surface area contributed by atoms with Crippen LogP contribution in [0.4, 0.5) is 0 Å². The van der Waals surface area contributed by atoms with Crippen molar-refractivity contribution in [1.82, 2.24) is 10.2 Å². The van der Waals surface area contributed by atoms with Crippen molar-refractivity contribution in [2.45, 2.75) is 39.7 Å². The molecule has 0 bridgehead atoms. The van der Waals surface area contributed by atoms with Crippen LogP contribution in [0, 0.1) is 5.41 Å². The summed E-state index contributed by atoms with van der Waals surface area (Å²) in [5, 5.41) is 3.66. The van der Waals surface area contributed by atoms with Gasteiger partial charge in [0, 0.05) is 19.1 Å². The van der Waals surface area contributed by atoms with E-state index in [-0.39, 0.29) is 0 Å². The molecule has 88 valence electrons. The number of likely N-dealkylation sites (N-methyl/N-ethyl adjacent to an activating group) is 1. The van der Waals surface area contributed by atoms with Crippen LogP contribution in [-0.2, 0) is 0 Å². The van der Waals surface area contributed by atoms with Gasteiger partial charge in [0.1, 0.15) is 0 Å². The zero-order chi connectivity index (χ0) is 11.3. The predicted octanol–water partition coefficient (Wildman–Crippen LogP) is 2.27. The lowest BCUT2D eigenvalue weighted by Gasteiger charge is -2.41. The summed E-state index contributed by atoms with van der Waals surface area (Å²) < 4.78 is 0. The van der Waals surface area contributed by atoms with Gasteiger partial charge in [-0.1, -0.05) is 26.8 Å². The molecule has 1 atom stereocenters. The highest BCUT2D eigenvalue weighted by atomic mass is 15.1. The lowest BCUT2D eigenvalue weighted by molar-refractivity contribution is 0.135. The molecule has 0 amide bonds. The Kier molecular flexibility index (Phi) is 4.81. The first-order valence-corrected chi connectivity index (χ1v) is 6.16. The van der Waals surface area contributed by atoms with Crippen LogP contribution in [0.5, 0.6) is 0 Å². The molecule has 2 heteroatoms. The summed E-state index contributed by atoms with van der Waals surface area (Å²) in [5.74, 6) is 0. The Labute approximate surface area is 94.7 Å². The first-order valence-electron chi connectivity index (χ1n) is 6.16. The molecule has 1 aliphatic rings. The molecule has 0 aromatic heterocycles. The topological polar surface area (TPSA) is 15.3 Å². The Balaban J connectivity index is 2.50. The lowest BCUT2D eigenvalue weighted by Crippen LogP contribution is -2.52. The summed E-state index contributed by atoms with van der Waals surface area (Å²) >= 11 is 0. The largest absolute Gasteiger partial charge is 0.312 e. The second kappa shape index (κ2) is 5.66. The standard InChI is InChI=1S/C13H26N2/c1-5-10-15(6-2)11-12-13(3,4)8-7-9-14-12/h5,12,14H,1,6-11H2,2-4H3. The maximum absolute atomic E-state index is 3.82. The van der Waals surface area contributed by atoms with E-state index in [0.717, 1.165) is 19.6 Å². The normalized spacial score (nSPS) is 25.5. The Hall–Kier alpha value is -0.340. The van der Waals surface area contributed by atoms with Crippen molar-refractivity contribution in [2.24, 2.45) is 5.41 Å². The van der Waals surface area contributed by atoms with Crippen LogP contribution in [0.3, 0.4) is 0 Å². The quantitative estimate of drug-likeness (QED) is 0.700. The molecule has 1 fully saturated rings. The molecule has 2 nitrogen and oxygen atoms in total. The molecule has 1 unspecified atom stereocenters. The Morgan fingerprint density at radius 1 is 1.53 bits per heavy atom. The highest BCUT2D eigenvalue weighted by Gasteiger charge is 2.32. The van der Waals surface area contributed by atoms with Crippen LogP contribution in [0.25, 0.3) is 0 Å². The summed E-state index contributed by atoms with van der Waals surface area (Å²) in [5.41, 5.74) is 0.437. The van der Waals surface area contributed by atoms with Crippen molar-refractivity contribution in [3.8, 4) is 0 Å². The fourth-order valence-corrected chi connectivity index (χ4v) is 2.36. The van der Waals surface area contributed by atoms with E-state index in [1.54, 1.807) is 0 Å². The zero-order valence-electron chi connectivity index (χ0n) is 10.6. The van der Waals surface area contributed by atoms with Crippen LogP contribution in [0.15, 0.2) is 12.7 Å². The highest BCUT2D eigenvalue weighted by molar-refractivity contribution is 4.90. The van der Waals surface area contributed by atoms with Crippen molar-refractivity contribution in [3.05, 3.63) is 12.7 Å². The maximum Gasteiger partial charge on any atom is 0.0246 e. The van der Waals surface area contributed by atoms with Gasteiger partial charge in [0.05, 0.1) is 0 Å². The third kappa shape index (κ3) is 3.62. The smallest absolute Gasteiger partial charge is 0.0246 e. The van der Waals surface area contributed by atoms with Crippen LogP contribution in [0.2, 0.25) is 0 Å². The lowest BCUT2D eigenvalue weighted by atomic mass is 9.77. The number of hydrogen-bond donors (Lipinski definition) is 1. The van der Waals surface area contributed by atoms with Gasteiger partial charge < -0.3 is 5.32 Å². The van der Waals surface area contributed by atoms with Gasteiger partial charge >= 0.3 is 0 Å². The van der Waals surface area contributed by atoms with E-state index >= 15 is 0 Å². The second-order valence-corrected chi connectivity index (χ2v) is 5.24. The fraction of sp³-hybridized carbons (Fsp3) is 0.846. The molecule has 0 aromatic rings. The number of nitrogens with zero attached hydrogens (tertiary/aromatic N) is 1. The minimum Gasteiger partial charge on any atom is -0.312 e. The van der Waals surface area contributed by atoms with E-state index in [2.05, 4.69) is 37.6 Å². The SMILES string of the molecule is C=CCN(CC)CC1NCCCC1(C)C. The first kappa shape index (κ1) is 12.7. The predicted molar refractivity (Wildman–Crippen MR) is 67.1 cm³/mol. The summed E-state index contributed by atoms with van der Waals surface area (Å²) in [6.07, 6.45) is 4.66. The summed E-state index contributed by atoms with van der Waals surface area (Å²) in [6.45, 7) is 15.2. The Morgan fingerprint density at radius 2 is 2.27 bits per heavy atom. The van der Waals surface area contributed by atoms with Gasteiger partial charge in [-0.05, 0) is 31.3 Å².